The number of benzene rings is 1. The maximum atomic E-state index is 13.9. The highest BCUT2D eigenvalue weighted by Crippen LogP contribution is 2.31. The quantitative estimate of drug-likeness (QED) is 0.683. The highest BCUT2D eigenvalue weighted by Gasteiger charge is 2.31. The number of aryl methyl sites for hydroxylation is 1. The third kappa shape index (κ3) is 3.39. The lowest BCUT2D eigenvalue weighted by atomic mass is 10.1. The fraction of sp³-hybridized carbons (Fsp3) is 0.409. The summed E-state index contributed by atoms with van der Waals surface area (Å²) in [6.07, 6.45) is 4.48. The van der Waals surface area contributed by atoms with Crippen LogP contribution in [0.5, 0.6) is 0 Å². The fourth-order valence-corrected chi connectivity index (χ4v) is 3.92. The van der Waals surface area contributed by atoms with Crippen LogP contribution in [0.3, 0.4) is 0 Å². The lowest BCUT2D eigenvalue weighted by molar-refractivity contribution is 0.0790. The van der Waals surface area contributed by atoms with E-state index in [-0.39, 0.29) is 17.6 Å². The Bertz CT molecular complexity index is 1030. The zero-order valence-electron chi connectivity index (χ0n) is 16.5. The first kappa shape index (κ1) is 18.6. The second-order valence-corrected chi connectivity index (χ2v) is 8.04. The van der Waals surface area contributed by atoms with Crippen molar-refractivity contribution in [3.8, 4) is 0 Å². The summed E-state index contributed by atoms with van der Waals surface area (Å²) in [5.41, 5.74) is 2.93. The van der Waals surface area contributed by atoms with Crippen molar-refractivity contribution < 1.29 is 9.18 Å². The van der Waals surface area contributed by atoms with Gasteiger partial charge in [-0.1, -0.05) is 19.9 Å². The molecular formula is C22H25FN4O. The zero-order valence-corrected chi connectivity index (χ0v) is 16.5. The summed E-state index contributed by atoms with van der Waals surface area (Å²) in [5, 5.41) is 0. The van der Waals surface area contributed by atoms with Crippen molar-refractivity contribution in [1.29, 1.82) is 0 Å². The van der Waals surface area contributed by atoms with Crippen LogP contribution in [0, 0.1) is 18.7 Å². The first-order valence-electron chi connectivity index (χ1n) is 9.79. The molecule has 1 aliphatic rings. The molecule has 0 radical (unpaired) electrons. The molecule has 2 aromatic heterocycles. The van der Waals surface area contributed by atoms with E-state index in [1.807, 2.05) is 17.2 Å². The van der Waals surface area contributed by atoms with Crippen molar-refractivity contribution in [2.75, 3.05) is 13.1 Å². The number of pyridine rings is 1. The van der Waals surface area contributed by atoms with Crippen molar-refractivity contribution >= 4 is 16.9 Å². The highest BCUT2D eigenvalue weighted by atomic mass is 19.1. The summed E-state index contributed by atoms with van der Waals surface area (Å²) in [4.78, 5) is 23.8. The zero-order chi connectivity index (χ0) is 19.8. The van der Waals surface area contributed by atoms with Gasteiger partial charge < -0.3 is 9.47 Å². The van der Waals surface area contributed by atoms with Gasteiger partial charge in [-0.15, -0.1) is 0 Å². The Hall–Kier alpha value is -2.76. The van der Waals surface area contributed by atoms with Crippen LogP contribution in [0.25, 0.3) is 11.0 Å². The Morgan fingerprint density at radius 1 is 1.32 bits per heavy atom. The average molecular weight is 380 g/mol. The van der Waals surface area contributed by atoms with Crippen molar-refractivity contribution in [3.05, 3.63) is 59.4 Å². The molecule has 146 valence electrons. The first-order valence-corrected chi connectivity index (χ1v) is 9.79. The van der Waals surface area contributed by atoms with Gasteiger partial charge in [0.1, 0.15) is 11.6 Å². The highest BCUT2D eigenvalue weighted by molar-refractivity contribution is 5.94. The maximum Gasteiger partial charge on any atom is 0.253 e. The number of amides is 1. The molecule has 0 N–H and O–H groups in total. The molecule has 0 saturated carbocycles. The van der Waals surface area contributed by atoms with E-state index in [4.69, 9.17) is 4.98 Å². The Morgan fingerprint density at radius 2 is 2.14 bits per heavy atom. The molecule has 0 spiro atoms. The van der Waals surface area contributed by atoms with Crippen molar-refractivity contribution in [2.24, 2.45) is 5.92 Å². The number of carbonyl (C=O) groups excluding carboxylic acids is 1. The molecule has 1 aromatic carbocycles. The lowest BCUT2D eigenvalue weighted by Gasteiger charge is -2.18. The van der Waals surface area contributed by atoms with Gasteiger partial charge >= 0.3 is 0 Å². The van der Waals surface area contributed by atoms with Crippen LogP contribution in [0.1, 0.15) is 47.9 Å². The molecule has 1 amide bonds. The predicted molar refractivity (Wildman–Crippen MR) is 107 cm³/mol. The molecular weight excluding hydrogens is 355 g/mol. The largest absolute Gasteiger partial charge is 0.338 e. The number of halogens is 1. The minimum Gasteiger partial charge on any atom is -0.338 e. The molecule has 5 nitrogen and oxygen atoms in total. The van der Waals surface area contributed by atoms with E-state index in [9.17, 15) is 9.18 Å². The summed E-state index contributed by atoms with van der Waals surface area (Å²) in [7, 11) is 0. The number of aromatic nitrogens is 3. The minimum atomic E-state index is -0.340. The molecule has 3 aromatic rings. The van der Waals surface area contributed by atoms with Crippen molar-refractivity contribution in [1.82, 2.24) is 19.4 Å². The smallest absolute Gasteiger partial charge is 0.253 e. The topological polar surface area (TPSA) is 51.0 Å². The second kappa shape index (κ2) is 7.34. The number of likely N-dealkylation sites (tertiary alicyclic amines) is 1. The molecule has 1 aliphatic heterocycles. The van der Waals surface area contributed by atoms with E-state index in [1.165, 1.54) is 6.07 Å². The predicted octanol–water partition coefficient (Wildman–Crippen LogP) is 4.16. The number of rotatable bonds is 4. The van der Waals surface area contributed by atoms with Crippen LogP contribution >= 0.6 is 0 Å². The van der Waals surface area contributed by atoms with E-state index in [1.54, 1.807) is 25.3 Å². The van der Waals surface area contributed by atoms with E-state index >= 15 is 0 Å². The lowest BCUT2D eigenvalue weighted by Crippen LogP contribution is -2.29. The van der Waals surface area contributed by atoms with Crippen molar-refractivity contribution in [3.63, 3.8) is 0 Å². The first-order chi connectivity index (χ1) is 13.4. The third-order valence-electron chi connectivity index (χ3n) is 5.39. The van der Waals surface area contributed by atoms with Crippen LogP contribution in [-0.4, -0.2) is 38.4 Å². The maximum absolute atomic E-state index is 13.9. The number of nitrogens with zero attached hydrogens (tertiary/aromatic N) is 4. The number of imidazole rings is 1. The number of carbonyl (C=O) groups is 1. The third-order valence-corrected chi connectivity index (χ3v) is 5.39. The van der Waals surface area contributed by atoms with E-state index in [0.29, 0.717) is 30.1 Å². The van der Waals surface area contributed by atoms with Gasteiger partial charge in [-0.2, -0.15) is 0 Å². The van der Waals surface area contributed by atoms with Crippen molar-refractivity contribution in [2.45, 2.75) is 39.7 Å². The van der Waals surface area contributed by atoms with Crippen LogP contribution in [0.4, 0.5) is 4.39 Å². The number of fused-ring (bicyclic) bond motifs is 1. The van der Waals surface area contributed by atoms with Gasteiger partial charge in [0, 0.05) is 37.3 Å². The average Bonchev–Trinajstić information content (AvgIpc) is 3.28. The summed E-state index contributed by atoms with van der Waals surface area (Å²) in [6.45, 7) is 8.19. The van der Waals surface area contributed by atoms with Gasteiger partial charge in [0.25, 0.3) is 5.91 Å². The van der Waals surface area contributed by atoms with Gasteiger partial charge in [0.15, 0.2) is 0 Å². The number of hydrogen-bond donors (Lipinski definition) is 0. The summed E-state index contributed by atoms with van der Waals surface area (Å²) < 4.78 is 16.1. The molecule has 28 heavy (non-hydrogen) atoms. The van der Waals surface area contributed by atoms with Crippen LogP contribution in [-0.2, 0) is 6.54 Å². The SMILES string of the molecule is Cc1ccc(C(=O)N2CCC(c3nc4ccncc4n3CC(C)C)C2)cc1F. The molecule has 1 unspecified atom stereocenters. The molecule has 1 atom stereocenters. The van der Waals surface area contributed by atoms with E-state index in [0.717, 1.165) is 29.8 Å². The molecule has 1 saturated heterocycles. The van der Waals surface area contributed by atoms with Crippen LogP contribution in [0.15, 0.2) is 36.7 Å². The minimum absolute atomic E-state index is 0.116. The van der Waals surface area contributed by atoms with E-state index in [2.05, 4.69) is 23.4 Å². The van der Waals surface area contributed by atoms with Crippen LogP contribution < -0.4 is 0 Å². The molecule has 6 heteroatoms. The Balaban J connectivity index is 1.60. The second-order valence-electron chi connectivity index (χ2n) is 8.04. The van der Waals surface area contributed by atoms with Gasteiger partial charge in [-0.3, -0.25) is 9.78 Å². The molecule has 4 rings (SSSR count). The molecule has 1 fully saturated rings. The number of hydrogen-bond acceptors (Lipinski definition) is 3. The van der Waals surface area contributed by atoms with Gasteiger partial charge in [-0.05, 0) is 43.0 Å². The summed E-state index contributed by atoms with van der Waals surface area (Å²) >= 11 is 0. The monoisotopic (exact) mass is 380 g/mol. The Kier molecular flexibility index (Phi) is 4.87. The standard InChI is InChI=1S/C22H25FN4O/c1-14(2)12-27-20-11-24-8-6-19(20)25-21(27)17-7-9-26(13-17)22(28)16-5-4-15(3)18(23)10-16/h4-6,8,10-11,14,17H,7,9,12-13H2,1-3H3. The fourth-order valence-electron chi connectivity index (χ4n) is 3.92. The van der Waals surface area contributed by atoms with Crippen LogP contribution in [0.2, 0.25) is 0 Å². The Labute approximate surface area is 164 Å². The molecule has 0 bridgehead atoms. The van der Waals surface area contributed by atoms with Gasteiger partial charge in [0.05, 0.1) is 17.2 Å². The Morgan fingerprint density at radius 3 is 2.89 bits per heavy atom. The normalized spacial score (nSPS) is 17.0. The summed E-state index contributed by atoms with van der Waals surface area (Å²) in [5.74, 6) is 1.21. The molecule has 3 heterocycles. The van der Waals surface area contributed by atoms with Gasteiger partial charge in [-0.25, -0.2) is 9.37 Å². The molecule has 0 aliphatic carbocycles. The summed E-state index contributed by atoms with van der Waals surface area (Å²) in [6, 6.07) is 6.63. The van der Waals surface area contributed by atoms with E-state index < -0.39 is 0 Å². The van der Waals surface area contributed by atoms with Gasteiger partial charge in [0.2, 0.25) is 0 Å².